The Balaban J connectivity index is 1.74. The first-order valence-electron chi connectivity index (χ1n) is 12.3. The first kappa shape index (κ1) is 27.0. The van der Waals surface area contributed by atoms with Crippen molar-refractivity contribution in [2.24, 2.45) is 0 Å². The summed E-state index contributed by atoms with van der Waals surface area (Å²) in [5.41, 5.74) is 1.76. The lowest BCUT2D eigenvalue weighted by atomic mass is 9.74. The number of carbonyl (C=O) groups is 3. The highest BCUT2D eigenvalue weighted by Crippen LogP contribution is 2.37. The first-order valence-corrected chi connectivity index (χ1v) is 12.3. The minimum Gasteiger partial charge on any atom is -0.508 e. The highest BCUT2D eigenvalue weighted by atomic mass is 16.6. The zero-order valence-corrected chi connectivity index (χ0v) is 20.8. The molecule has 0 aliphatic carbocycles. The molecule has 2 amide bonds. The van der Waals surface area contributed by atoms with Crippen LogP contribution in [0.15, 0.2) is 48.5 Å². The number of carboxylic acids is 1. The molecule has 1 aliphatic heterocycles. The van der Waals surface area contributed by atoms with E-state index in [0.29, 0.717) is 11.3 Å². The number of phenolic OH excluding ortho intramolecular Hbond substituents is 1. The largest absolute Gasteiger partial charge is 0.508 e. The van der Waals surface area contributed by atoms with Crippen molar-refractivity contribution in [1.29, 1.82) is 0 Å². The second-order valence-electron chi connectivity index (χ2n) is 9.43. The van der Waals surface area contributed by atoms with E-state index in [2.05, 4.69) is 35.6 Å². The number of ether oxygens (including phenoxy) is 1. The fourth-order valence-electron chi connectivity index (χ4n) is 4.78. The summed E-state index contributed by atoms with van der Waals surface area (Å²) in [5.74, 6) is -1.40. The summed E-state index contributed by atoms with van der Waals surface area (Å²) in [6.07, 6.45) is 3.58. The third-order valence-corrected chi connectivity index (χ3v) is 6.75. The van der Waals surface area contributed by atoms with Crippen molar-refractivity contribution >= 4 is 18.0 Å². The number of likely N-dealkylation sites (N-methyl/N-ethyl adjacent to an activating group) is 1. The number of carboxylic acid groups (broad SMARTS) is 1. The normalized spacial score (nSPS) is 19.1. The molecule has 9 heteroatoms. The van der Waals surface area contributed by atoms with Crippen LogP contribution in [0, 0.1) is 0 Å². The summed E-state index contributed by atoms with van der Waals surface area (Å²) in [4.78, 5) is 38.6. The number of likely N-dealkylation sites (tertiary alicyclic amines) is 1. The third kappa shape index (κ3) is 7.45. The minimum absolute atomic E-state index is 0.0286. The van der Waals surface area contributed by atoms with Crippen LogP contribution in [0.2, 0.25) is 0 Å². The molecule has 2 atom stereocenters. The van der Waals surface area contributed by atoms with Crippen molar-refractivity contribution in [3.8, 4) is 11.5 Å². The fourth-order valence-corrected chi connectivity index (χ4v) is 4.78. The number of phenols is 1. The van der Waals surface area contributed by atoms with Crippen LogP contribution in [-0.2, 0) is 21.4 Å². The van der Waals surface area contributed by atoms with Crippen molar-refractivity contribution in [2.75, 3.05) is 26.7 Å². The SMILES string of the molecule is CCC1(c2cccc(OC(=O)N[C@H](Cc3ccc(O)cc3)C(=O)NCC(=O)O)c2)CCCCN(C)C1. The zero-order valence-electron chi connectivity index (χ0n) is 20.8. The van der Waals surface area contributed by atoms with E-state index in [1.807, 2.05) is 12.1 Å². The Kier molecular flexibility index (Phi) is 9.30. The molecule has 0 aromatic heterocycles. The van der Waals surface area contributed by atoms with E-state index in [1.165, 1.54) is 12.1 Å². The quantitative estimate of drug-likeness (QED) is 0.419. The molecule has 0 spiro atoms. The molecule has 1 heterocycles. The van der Waals surface area contributed by atoms with E-state index >= 15 is 0 Å². The van der Waals surface area contributed by atoms with Gasteiger partial charge in [0, 0.05) is 18.4 Å². The smallest absolute Gasteiger partial charge is 0.413 e. The van der Waals surface area contributed by atoms with Gasteiger partial charge in [-0.25, -0.2) is 4.79 Å². The Hall–Kier alpha value is -3.59. The van der Waals surface area contributed by atoms with E-state index in [0.717, 1.165) is 44.3 Å². The van der Waals surface area contributed by atoms with Crippen LogP contribution < -0.4 is 15.4 Å². The van der Waals surface area contributed by atoms with Crippen molar-refractivity contribution in [2.45, 2.75) is 50.5 Å². The van der Waals surface area contributed by atoms with Crippen LogP contribution in [0.4, 0.5) is 4.79 Å². The minimum atomic E-state index is -1.19. The molecular weight excluding hydrogens is 462 g/mol. The Morgan fingerprint density at radius 1 is 1.14 bits per heavy atom. The second-order valence-corrected chi connectivity index (χ2v) is 9.43. The maximum absolute atomic E-state index is 12.8. The number of hydrogen-bond donors (Lipinski definition) is 4. The summed E-state index contributed by atoms with van der Waals surface area (Å²) >= 11 is 0. The Morgan fingerprint density at radius 3 is 2.58 bits per heavy atom. The van der Waals surface area contributed by atoms with Gasteiger partial charge in [0.15, 0.2) is 0 Å². The first-order chi connectivity index (χ1) is 17.2. The number of aliphatic carboxylic acids is 1. The van der Waals surface area contributed by atoms with Crippen LogP contribution in [0.1, 0.15) is 43.7 Å². The number of nitrogens with zero attached hydrogens (tertiary/aromatic N) is 1. The molecule has 0 bridgehead atoms. The Morgan fingerprint density at radius 2 is 1.89 bits per heavy atom. The molecule has 0 saturated carbocycles. The molecule has 2 aromatic rings. The molecule has 2 aromatic carbocycles. The molecule has 0 radical (unpaired) electrons. The average Bonchev–Trinajstić information content (AvgIpc) is 3.05. The highest BCUT2D eigenvalue weighted by molar-refractivity contribution is 5.88. The van der Waals surface area contributed by atoms with E-state index in [1.54, 1.807) is 18.2 Å². The maximum atomic E-state index is 12.8. The molecule has 4 N–H and O–H groups in total. The van der Waals surface area contributed by atoms with Gasteiger partial charge in [-0.2, -0.15) is 0 Å². The summed E-state index contributed by atoms with van der Waals surface area (Å²) in [7, 11) is 2.13. The molecular formula is C27H35N3O6. The summed E-state index contributed by atoms with van der Waals surface area (Å²) < 4.78 is 5.56. The molecule has 1 aliphatic rings. The molecule has 194 valence electrons. The van der Waals surface area contributed by atoms with Gasteiger partial charge in [-0.3, -0.25) is 9.59 Å². The van der Waals surface area contributed by atoms with Crippen molar-refractivity contribution in [3.05, 3.63) is 59.7 Å². The van der Waals surface area contributed by atoms with E-state index in [9.17, 15) is 19.5 Å². The lowest BCUT2D eigenvalue weighted by Crippen LogP contribution is -2.49. The molecule has 3 rings (SSSR count). The molecule has 1 unspecified atom stereocenters. The zero-order chi connectivity index (χ0) is 26.1. The van der Waals surface area contributed by atoms with E-state index < -0.39 is 30.6 Å². The van der Waals surface area contributed by atoms with E-state index in [-0.39, 0.29) is 17.6 Å². The third-order valence-electron chi connectivity index (χ3n) is 6.75. The van der Waals surface area contributed by atoms with Crippen LogP contribution in [0.25, 0.3) is 0 Å². The summed E-state index contributed by atoms with van der Waals surface area (Å²) in [5, 5.41) is 23.2. The topological polar surface area (TPSA) is 128 Å². The maximum Gasteiger partial charge on any atom is 0.413 e. The van der Waals surface area contributed by atoms with Crippen LogP contribution in [-0.4, -0.2) is 65.8 Å². The van der Waals surface area contributed by atoms with Gasteiger partial charge in [-0.15, -0.1) is 0 Å². The van der Waals surface area contributed by atoms with Crippen molar-refractivity contribution < 1.29 is 29.3 Å². The van der Waals surface area contributed by atoms with Crippen molar-refractivity contribution in [1.82, 2.24) is 15.5 Å². The number of amides is 2. The molecule has 1 saturated heterocycles. The Labute approximate surface area is 211 Å². The summed E-state index contributed by atoms with van der Waals surface area (Å²) in [6, 6.07) is 12.7. The van der Waals surface area contributed by atoms with Gasteiger partial charge >= 0.3 is 12.1 Å². The van der Waals surface area contributed by atoms with Gasteiger partial charge in [-0.1, -0.05) is 37.6 Å². The fraction of sp³-hybridized carbons (Fsp3) is 0.444. The number of nitrogens with one attached hydrogen (secondary N) is 2. The average molecular weight is 498 g/mol. The molecule has 1 fully saturated rings. The predicted octanol–water partition coefficient (Wildman–Crippen LogP) is 3.06. The predicted molar refractivity (Wildman–Crippen MR) is 135 cm³/mol. The van der Waals surface area contributed by atoms with E-state index in [4.69, 9.17) is 9.84 Å². The van der Waals surface area contributed by atoms with Gasteiger partial charge in [0.05, 0.1) is 0 Å². The number of hydrogen-bond acceptors (Lipinski definition) is 6. The number of aromatic hydroxyl groups is 1. The standard InChI is InChI=1S/C27H35N3O6/c1-3-27(13-4-5-14-30(2)18-27)20-7-6-8-22(16-20)36-26(35)29-23(25(34)28-17-24(32)33)15-19-9-11-21(31)12-10-19/h6-12,16,23,31H,3-5,13-15,17-18H2,1-2H3,(H,28,34)(H,29,35)(H,32,33)/t23-,27?/m1/s1. The molecule has 9 nitrogen and oxygen atoms in total. The van der Waals surface area contributed by atoms with Gasteiger partial charge < -0.3 is 30.5 Å². The number of benzene rings is 2. The van der Waals surface area contributed by atoms with Gasteiger partial charge in [0.25, 0.3) is 0 Å². The number of rotatable bonds is 9. The van der Waals surface area contributed by atoms with Crippen LogP contribution in [0.5, 0.6) is 11.5 Å². The van der Waals surface area contributed by atoms with Crippen molar-refractivity contribution in [3.63, 3.8) is 0 Å². The number of carbonyl (C=O) groups excluding carboxylic acids is 2. The van der Waals surface area contributed by atoms with Gasteiger partial charge in [-0.05, 0) is 68.2 Å². The lowest BCUT2D eigenvalue weighted by Gasteiger charge is -2.35. The van der Waals surface area contributed by atoms with Gasteiger partial charge in [0.2, 0.25) is 5.91 Å². The van der Waals surface area contributed by atoms with Crippen LogP contribution >= 0.6 is 0 Å². The second kappa shape index (κ2) is 12.4. The lowest BCUT2D eigenvalue weighted by molar-refractivity contribution is -0.138. The Bertz CT molecular complexity index is 1060. The highest BCUT2D eigenvalue weighted by Gasteiger charge is 2.33. The van der Waals surface area contributed by atoms with Gasteiger partial charge in [0.1, 0.15) is 24.1 Å². The molecule has 36 heavy (non-hydrogen) atoms. The van der Waals surface area contributed by atoms with Crippen LogP contribution in [0.3, 0.4) is 0 Å². The summed E-state index contributed by atoms with van der Waals surface area (Å²) in [6.45, 7) is 3.60. The monoisotopic (exact) mass is 497 g/mol.